The van der Waals surface area contributed by atoms with Crippen molar-refractivity contribution < 1.29 is 0 Å². The average molecular weight is 358 g/mol. The van der Waals surface area contributed by atoms with Gasteiger partial charge in [0, 0.05) is 9.37 Å². The van der Waals surface area contributed by atoms with Crippen molar-refractivity contribution in [1.29, 1.82) is 5.26 Å². The van der Waals surface area contributed by atoms with E-state index >= 15 is 0 Å². The highest BCUT2D eigenvalue weighted by Crippen LogP contribution is 2.30. The van der Waals surface area contributed by atoms with Gasteiger partial charge in [0.15, 0.2) is 0 Å². The van der Waals surface area contributed by atoms with Crippen molar-refractivity contribution >= 4 is 27.7 Å². The van der Waals surface area contributed by atoms with Crippen molar-refractivity contribution in [2.24, 2.45) is 0 Å². The lowest BCUT2D eigenvalue weighted by molar-refractivity contribution is 0.756. The van der Waals surface area contributed by atoms with Gasteiger partial charge in [-0.3, -0.25) is 0 Å². The van der Waals surface area contributed by atoms with Crippen LogP contribution in [0.15, 0.2) is 63.1 Å². The highest BCUT2D eigenvalue weighted by atomic mass is 79.9. The summed E-state index contributed by atoms with van der Waals surface area (Å²) in [4.78, 5) is 0.952. The molecule has 1 aromatic heterocycles. The third-order valence-corrected chi connectivity index (χ3v) is 4.29. The van der Waals surface area contributed by atoms with Crippen LogP contribution in [0.3, 0.4) is 0 Å². The first-order valence-electron chi connectivity index (χ1n) is 5.99. The molecule has 0 bridgehead atoms. The fourth-order valence-electron chi connectivity index (χ4n) is 1.73. The summed E-state index contributed by atoms with van der Waals surface area (Å²) in [6, 6.07) is 17.3. The van der Waals surface area contributed by atoms with Gasteiger partial charge < -0.3 is 0 Å². The van der Waals surface area contributed by atoms with Gasteiger partial charge in [0.05, 0.1) is 11.3 Å². The molecule has 0 aliphatic rings. The second kappa shape index (κ2) is 6.08. The molecule has 5 nitrogen and oxygen atoms in total. The van der Waals surface area contributed by atoms with E-state index in [0.29, 0.717) is 10.7 Å². The molecule has 7 heteroatoms. The van der Waals surface area contributed by atoms with Crippen LogP contribution in [0.5, 0.6) is 0 Å². The van der Waals surface area contributed by atoms with Crippen LogP contribution in [0, 0.1) is 11.3 Å². The summed E-state index contributed by atoms with van der Waals surface area (Å²) in [5, 5.41) is 21.4. The quantitative estimate of drug-likeness (QED) is 0.717. The maximum atomic E-state index is 8.94. The zero-order valence-corrected chi connectivity index (χ0v) is 13.0. The summed E-state index contributed by atoms with van der Waals surface area (Å²) in [6.45, 7) is 0. The number of para-hydroxylation sites is 1. The van der Waals surface area contributed by atoms with Crippen molar-refractivity contribution in [3.8, 4) is 11.8 Å². The molecule has 0 aliphatic heterocycles. The molecule has 3 rings (SSSR count). The zero-order chi connectivity index (χ0) is 14.7. The maximum Gasteiger partial charge on any atom is 0.218 e. The summed E-state index contributed by atoms with van der Waals surface area (Å²) >= 11 is 4.82. The van der Waals surface area contributed by atoms with Gasteiger partial charge in [-0.2, -0.15) is 9.94 Å². The molecule has 0 radical (unpaired) electrons. The third kappa shape index (κ3) is 2.96. The van der Waals surface area contributed by atoms with E-state index in [1.54, 1.807) is 10.7 Å². The number of benzene rings is 2. The topological polar surface area (TPSA) is 67.4 Å². The minimum absolute atomic E-state index is 0.599. The number of aromatic nitrogens is 4. The fourth-order valence-corrected chi connectivity index (χ4v) is 3.18. The normalized spacial score (nSPS) is 10.3. The summed E-state index contributed by atoms with van der Waals surface area (Å²) in [6.07, 6.45) is 0. The zero-order valence-electron chi connectivity index (χ0n) is 10.6. The largest absolute Gasteiger partial charge is 0.218 e. The highest BCUT2D eigenvalue weighted by molar-refractivity contribution is 9.10. The summed E-state index contributed by atoms with van der Waals surface area (Å²) in [7, 11) is 0. The first kappa shape index (κ1) is 13.8. The van der Waals surface area contributed by atoms with Gasteiger partial charge in [0.1, 0.15) is 6.07 Å². The van der Waals surface area contributed by atoms with E-state index in [9.17, 15) is 0 Å². The molecule has 0 unspecified atom stereocenters. The van der Waals surface area contributed by atoms with Crippen LogP contribution in [0.4, 0.5) is 0 Å². The maximum absolute atomic E-state index is 8.94. The SMILES string of the molecule is N#Cc1ccc(Sc2nnnn2-c2ccccc2)cc1Br. The van der Waals surface area contributed by atoms with Crippen LogP contribution in [-0.2, 0) is 0 Å². The molecular weight excluding hydrogens is 350 g/mol. The molecule has 1 heterocycles. The van der Waals surface area contributed by atoms with E-state index in [0.717, 1.165) is 15.1 Å². The highest BCUT2D eigenvalue weighted by Gasteiger charge is 2.10. The van der Waals surface area contributed by atoms with E-state index in [2.05, 4.69) is 37.5 Å². The molecular formula is C14H8BrN5S. The minimum Gasteiger partial charge on any atom is -0.192 e. The Morgan fingerprint density at radius 1 is 1.14 bits per heavy atom. The molecule has 0 aliphatic carbocycles. The van der Waals surface area contributed by atoms with Crippen molar-refractivity contribution in [3.05, 3.63) is 58.6 Å². The van der Waals surface area contributed by atoms with Crippen LogP contribution < -0.4 is 0 Å². The smallest absolute Gasteiger partial charge is 0.192 e. The molecule has 0 atom stereocenters. The van der Waals surface area contributed by atoms with Crippen molar-refractivity contribution in [3.63, 3.8) is 0 Å². The molecule has 102 valence electrons. The Hall–Kier alpha value is -2.17. The van der Waals surface area contributed by atoms with Crippen molar-refractivity contribution in [2.45, 2.75) is 10.1 Å². The van der Waals surface area contributed by atoms with Gasteiger partial charge in [-0.25, -0.2) is 0 Å². The fraction of sp³-hybridized carbons (Fsp3) is 0. The van der Waals surface area contributed by atoms with Crippen molar-refractivity contribution in [1.82, 2.24) is 20.2 Å². The van der Waals surface area contributed by atoms with Gasteiger partial charge in [-0.05, 0) is 68.5 Å². The lowest BCUT2D eigenvalue weighted by atomic mass is 10.2. The number of tetrazole rings is 1. The van der Waals surface area contributed by atoms with Gasteiger partial charge in [0.25, 0.3) is 0 Å². The number of hydrogen-bond donors (Lipinski definition) is 0. The lowest BCUT2D eigenvalue weighted by Gasteiger charge is -2.04. The third-order valence-electron chi connectivity index (χ3n) is 2.71. The van der Waals surface area contributed by atoms with E-state index in [-0.39, 0.29) is 0 Å². The van der Waals surface area contributed by atoms with E-state index < -0.39 is 0 Å². The number of halogens is 1. The molecule has 2 aromatic carbocycles. The molecule has 0 fully saturated rings. The summed E-state index contributed by atoms with van der Waals surface area (Å²) < 4.78 is 2.44. The molecule has 0 saturated carbocycles. The summed E-state index contributed by atoms with van der Waals surface area (Å²) in [5.74, 6) is 0. The Balaban J connectivity index is 1.92. The average Bonchev–Trinajstić information content (AvgIpc) is 2.96. The first-order chi connectivity index (χ1) is 10.3. The molecule has 21 heavy (non-hydrogen) atoms. The number of hydrogen-bond acceptors (Lipinski definition) is 5. The van der Waals surface area contributed by atoms with Crippen molar-refractivity contribution in [2.75, 3.05) is 0 Å². The predicted octanol–water partition coefficient (Wildman–Crippen LogP) is 3.45. The molecule has 0 spiro atoms. The second-order valence-corrected chi connectivity index (χ2v) is 5.96. The lowest BCUT2D eigenvalue weighted by Crippen LogP contribution is -1.98. The van der Waals surface area contributed by atoms with Gasteiger partial charge in [-0.1, -0.05) is 18.2 Å². The molecule has 0 N–H and O–H groups in total. The standard InChI is InChI=1S/C14H8BrN5S/c15-13-8-12(7-6-10(13)9-16)21-14-17-18-19-20(14)11-4-2-1-3-5-11/h1-8H. The van der Waals surface area contributed by atoms with Crippen LogP contribution in [-0.4, -0.2) is 20.2 Å². The molecule has 3 aromatic rings. The number of rotatable bonds is 3. The molecule has 0 amide bonds. The first-order valence-corrected chi connectivity index (χ1v) is 7.60. The second-order valence-electron chi connectivity index (χ2n) is 4.06. The van der Waals surface area contributed by atoms with E-state index in [1.165, 1.54) is 11.8 Å². The van der Waals surface area contributed by atoms with E-state index in [1.807, 2.05) is 42.5 Å². The Bertz CT molecular complexity index is 810. The van der Waals surface area contributed by atoms with Gasteiger partial charge >= 0.3 is 0 Å². The van der Waals surface area contributed by atoms with Crippen LogP contribution in [0.2, 0.25) is 0 Å². The van der Waals surface area contributed by atoms with Gasteiger partial charge in [0.2, 0.25) is 5.16 Å². The monoisotopic (exact) mass is 357 g/mol. The predicted molar refractivity (Wildman–Crippen MR) is 82.1 cm³/mol. The summed E-state index contributed by atoms with van der Waals surface area (Å²) in [5.41, 5.74) is 1.50. The Labute approximate surface area is 133 Å². The van der Waals surface area contributed by atoms with Gasteiger partial charge in [-0.15, -0.1) is 5.10 Å². The van der Waals surface area contributed by atoms with E-state index in [4.69, 9.17) is 5.26 Å². The molecule has 0 saturated heterocycles. The van der Waals surface area contributed by atoms with Crippen LogP contribution >= 0.6 is 27.7 Å². The number of nitriles is 1. The number of nitrogens with zero attached hydrogens (tertiary/aromatic N) is 5. The van der Waals surface area contributed by atoms with Crippen LogP contribution in [0.25, 0.3) is 5.69 Å². The Morgan fingerprint density at radius 3 is 2.67 bits per heavy atom. The Kier molecular flexibility index (Phi) is 3.99. The minimum atomic E-state index is 0.599. The van der Waals surface area contributed by atoms with Crippen LogP contribution in [0.1, 0.15) is 5.56 Å². The Morgan fingerprint density at radius 2 is 1.95 bits per heavy atom.